The second-order valence-corrected chi connectivity index (χ2v) is 7.86. The molecule has 4 fully saturated rings. The topological polar surface area (TPSA) is 9.23 Å². The molecule has 7 rings (SSSR count). The van der Waals surface area contributed by atoms with Crippen LogP contribution in [0.3, 0.4) is 0 Å². The van der Waals surface area contributed by atoms with Crippen LogP contribution in [0, 0.1) is 29.6 Å². The molecule has 4 saturated carbocycles. The molecule has 0 unspecified atom stereocenters. The van der Waals surface area contributed by atoms with Crippen molar-refractivity contribution in [2.24, 2.45) is 29.6 Å². The second-order valence-electron chi connectivity index (χ2n) is 7.86. The van der Waals surface area contributed by atoms with Crippen molar-refractivity contribution in [2.75, 3.05) is 0 Å². The fourth-order valence-electron chi connectivity index (χ4n) is 6.16. The van der Waals surface area contributed by atoms with Crippen LogP contribution in [-0.2, 0) is 0 Å². The number of hydrogen-bond donors (Lipinski definition) is 0. The lowest BCUT2D eigenvalue weighted by Crippen LogP contribution is -2.31. The third-order valence-electron chi connectivity index (χ3n) is 6.86. The summed E-state index contributed by atoms with van der Waals surface area (Å²) in [7, 11) is 0. The van der Waals surface area contributed by atoms with Gasteiger partial charge in [0.2, 0.25) is 0 Å². The fourth-order valence-corrected chi connectivity index (χ4v) is 6.16. The zero-order valence-corrected chi connectivity index (χ0v) is 12.7. The van der Waals surface area contributed by atoms with Crippen LogP contribution in [0.2, 0.25) is 0 Å². The maximum Gasteiger partial charge on any atom is 0.135 e. The van der Waals surface area contributed by atoms with E-state index < -0.39 is 0 Å². The first-order chi connectivity index (χ1) is 10.9. The SMILES string of the molecule is C1=C(C2C3CC4CC2CC4C3)Oc2cccc3cccc1c23. The lowest BCUT2D eigenvalue weighted by atomic mass is 9.70. The van der Waals surface area contributed by atoms with Gasteiger partial charge in [-0.2, -0.15) is 0 Å². The molecular weight excluding hydrogens is 268 g/mol. The zero-order chi connectivity index (χ0) is 14.3. The Morgan fingerprint density at radius 2 is 1.45 bits per heavy atom. The first kappa shape index (κ1) is 11.8. The van der Waals surface area contributed by atoms with Gasteiger partial charge in [0.05, 0.1) is 0 Å². The molecule has 1 heterocycles. The van der Waals surface area contributed by atoms with Gasteiger partial charge in [0.25, 0.3) is 0 Å². The van der Waals surface area contributed by atoms with Gasteiger partial charge in [-0.05, 0) is 72.4 Å². The normalized spacial score (nSPS) is 37.5. The molecule has 2 aromatic rings. The Balaban J connectivity index is 1.49. The molecule has 110 valence electrons. The molecule has 5 aliphatic rings. The molecule has 0 radical (unpaired) electrons. The Labute approximate surface area is 131 Å². The molecule has 22 heavy (non-hydrogen) atoms. The van der Waals surface area contributed by atoms with Crippen molar-refractivity contribution in [1.29, 1.82) is 0 Å². The Bertz CT molecular complexity index is 783. The summed E-state index contributed by atoms with van der Waals surface area (Å²) in [5, 5.41) is 2.58. The van der Waals surface area contributed by atoms with Crippen molar-refractivity contribution < 1.29 is 4.74 Å². The van der Waals surface area contributed by atoms with Crippen LogP contribution in [0.25, 0.3) is 16.8 Å². The van der Waals surface area contributed by atoms with E-state index in [1.165, 1.54) is 47.8 Å². The average molecular weight is 288 g/mol. The number of allylic oxidation sites excluding steroid dienone is 1. The molecule has 0 spiro atoms. The first-order valence-electron chi connectivity index (χ1n) is 8.78. The highest BCUT2D eigenvalue weighted by molar-refractivity contribution is 5.97. The smallest absolute Gasteiger partial charge is 0.135 e. The van der Waals surface area contributed by atoms with Crippen molar-refractivity contribution in [3.63, 3.8) is 0 Å². The van der Waals surface area contributed by atoms with Crippen molar-refractivity contribution in [2.45, 2.75) is 25.7 Å². The van der Waals surface area contributed by atoms with Gasteiger partial charge >= 0.3 is 0 Å². The third kappa shape index (κ3) is 1.40. The Kier molecular flexibility index (Phi) is 2.11. The molecular formula is C21H20O. The van der Waals surface area contributed by atoms with Gasteiger partial charge in [0.1, 0.15) is 11.5 Å². The molecule has 0 saturated heterocycles. The summed E-state index contributed by atoms with van der Waals surface area (Å²) in [4.78, 5) is 0. The highest BCUT2D eigenvalue weighted by atomic mass is 16.5. The number of hydrogen-bond acceptors (Lipinski definition) is 1. The standard InChI is InChI=1S/C21H20O/c1-3-12-4-2-6-18-20(12)13(5-1)11-19(22-18)21-16-7-14-8-17(21)10-15(14)9-16/h1-6,11,14-17,21H,7-10H2. The predicted molar refractivity (Wildman–Crippen MR) is 88.5 cm³/mol. The summed E-state index contributed by atoms with van der Waals surface area (Å²) in [6.45, 7) is 0. The van der Waals surface area contributed by atoms with E-state index in [9.17, 15) is 0 Å². The predicted octanol–water partition coefficient (Wildman–Crippen LogP) is 5.26. The molecule has 1 nitrogen and oxygen atoms in total. The molecule has 2 aromatic carbocycles. The summed E-state index contributed by atoms with van der Waals surface area (Å²) >= 11 is 0. The van der Waals surface area contributed by atoms with Crippen LogP contribution >= 0.6 is 0 Å². The minimum absolute atomic E-state index is 0.679. The van der Waals surface area contributed by atoms with E-state index in [0.29, 0.717) is 5.92 Å². The molecule has 1 aliphatic heterocycles. The summed E-state index contributed by atoms with van der Waals surface area (Å²) in [6, 6.07) is 13.1. The average Bonchev–Trinajstić information content (AvgIpc) is 3.00. The van der Waals surface area contributed by atoms with E-state index in [-0.39, 0.29) is 0 Å². The molecule has 4 bridgehead atoms. The molecule has 4 aliphatic carbocycles. The minimum atomic E-state index is 0.679. The summed E-state index contributed by atoms with van der Waals surface area (Å²) in [6.07, 6.45) is 8.18. The Hall–Kier alpha value is -1.76. The van der Waals surface area contributed by atoms with Crippen LogP contribution in [0.4, 0.5) is 0 Å². The summed E-state index contributed by atoms with van der Waals surface area (Å²) in [5.74, 6) is 6.88. The highest BCUT2D eigenvalue weighted by Crippen LogP contribution is 2.62. The molecule has 0 atom stereocenters. The summed E-state index contributed by atoms with van der Waals surface area (Å²) < 4.78 is 6.45. The quantitative estimate of drug-likeness (QED) is 0.696. The van der Waals surface area contributed by atoms with Gasteiger partial charge in [-0.15, -0.1) is 0 Å². The molecule has 0 aromatic heterocycles. The van der Waals surface area contributed by atoms with E-state index in [2.05, 4.69) is 42.5 Å². The van der Waals surface area contributed by atoms with Crippen molar-refractivity contribution in [3.8, 4) is 5.75 Å². The van der Waals surface area contributed by atoms with E-state index in [1.807, 2.05) is 0 Å². The van der Waals surface area contributed by atoms with Gasteiger partial charge in [0.15, 0.2) is 0 Å². The van der Waals surface area contributed by atoms with Crippen LogP contribution in [0.5, 0.6) is 5.75 Å². The van der Waals surface area contributed by atoms with Gasteiger partial charge in [-0.25, -0.2) is 0 Å². The van der Waals surface area contributed by atoms with Crippen LogP contribution in [0.1, 0.15) is 31.2 Å². The van der Waals surface area contributed by atoms with Crippen LogP contribution in [-0.4, -0.2) is 0 Å². The maximum absolute atomic E-state index is 6.45. The highest BCUT2D eigenvalue weighted by Gasteiger charge is 2.54. The van der Waals surface area contributed by atoms with Crippen LogP contribution < -0.4 is 4.74 Å². The zero-order valence-electron chi connectivity index (χ0n) is 12.7. The fraction of sp³-hybridized carbons (Fsp3) is 0.429. The van der Waals surface area contributed by atoms with Gasteiger partial charge in [0, 0.05) is 11.3 Å². The molecule has 0 amide bonds. The van der Waals surface area contributed by atoms with E-state index in [0.717, 1.165) is 29.4 Å². The van der Waals surface area contributed by atoms with Gasteiger partial charge in [-0.1, -0.05) is 30.3 Å². The lowest BCUT2D eigenvalue weighted by Gasteiger charge is -2.38. The number of benzene rings is 2. The summed E-state index contributed by atoms with van der Waals surface area (Å²) in [5.41, 5.74) is 1.35. The Morgan fingerprint density at radius 3 is 2.18 bits per heavy atom. The number of rotatable bonds is 1. The van der Waals surface area contributed by atoms with E-state index in [1.54, 1.807) is 0 Å². The third-order valence-corrected chi connectivity index (χ3v) is 6.86. The van der Waals surface area contributed by atoms with Crippen molar-refractivity contribution in [1.82, 2.24) is 0 Å². The van der Waals surface area contributed by atoms with E-state index in [4.69, 9.17) is 4.74 Å². The number of ether oxygens (including phenoxy) is 1. The van der Waals surface area contributed by atoms with Crippen molar-refractivity contribution >= 4 is 16.8 Å². The second kappa shape index (κ2) is 3.95. The van der Waals surface area contributed by atoms with Gasteiger partial charge < -0.3 is 4.74 Å². The largest absolute Gasteiger partial charge is 0.461 e. The molecule has 1 heteroatoms. The van der Waals surface area contributed by atoms with E-state index >= 15 is 0 Å². The first-order valence-corrected chi connectivity index (χ1v) is 8.78. The lowest BCUT2D eigenvalue weighted by molar-refractivity contribution is 0.148. The van der Waals surface area contributed by atoms with Crippen LogP contribution in [0.15, 0.2) is 42.2 Å². The van der Waals surface area contributed by atoms with Crippen molar-refractivity contribution in [3.05, 3.63) is 47.7 Å². The maximum atomic E-state index is 6.45. The monoisotopic (exact) mass is 288 g/mol. The molecule has 0 N–H and O–H groups in total. The Morgan fingerprint density at radius 1 is 0.773 bits per heavy atom. The van der Waals surface area contributed by atoms with Gasteiger partial charge in [-0.3, -0.25) is 0 Å². The minimum Gasteiger partial charge on any atom is -0.461 e.